The molecule has 0 saturated heterocycles. The molecule has 31 heavy (non-hydrogen) atoms. The molecule has 4 aromatic rings. The monoisotopic (exact) mass is 419 g/mol. The van der Waals surface area contributed by atoms with Gasteiger partial charge in [-0.2, -0.15) is 4.68 Å². The zero-order valence-electron chi connectivity index (χ0n) is 18.0. The molecule has 3 aliphatic rings. The van der Waals surface area contributed by atoms with E-state index in [4.69, 9.17) is 0 Å². The van der Waals surface area contributed by atoms with Crippen LogP contribution < -0.4 is 16.4 Å². The fraction of sp³-hybridized carbons (Fsp3) is 0.348. The maximum atomic E-state index is 13.7. The van der Waals surface area contributed by atoms with E-state index in [1.165, 1.54) is 9.47 Å². The highest BCUT2D eigenvalue weighted by Crippen LogP contribution is 2.42. The molecule has 0 spiro atoms. The second-order valence-electron chi connectivity index (χ2n) is 8.75. The number of carbonyl (C=O) groups is 2. The van der Waals surface area contributed by atoms with Crippen LogP contribution in [0.25, 0.3) is 22.2 Å². The number of carbonyl (C=O) groups excluding carboxylic acids is 2. The smallest absolute Gasteiger partial charge is 0.322 e. The van der Waals surface area contributed by atoms with E-state index in [0.29, 0.717) is 23.3 Å². The number of fused-ring (bicyclic) bond motifs is 5. The van der Waals surface area contributed by atoms with Gasteiger partial charge in [-0.3, -0.25) is 19.6 Å². The number of rotatable bonds is 2. The highest BCUT2D eigenvalue weighted by Gasteiger charge is 2.34. The number of nitrogens with zero attached hydrogens (tertiary/aromatic N) is 3. The lowest BCUT2D eigenvalue weighted by molar-refractivity contribution is -0.116. The number of hydrogen-bond acceptors (Lipinski definition) is 4. The molecular weight excluding hydrogens is 394 g/mol. The summed E-state index contributed by atoms with van der Waals surface area (Å²) in [6.45, 7) is 8.01. The van der Waals surface area contributed by atoms with Crippen LogP contribution in [0.2, 0.25) is 0 Å². The first-order chi connectivity index (χ1) is 14.8. The van der Waals surface area contributed by atoms with Crippen molar-refractivity contribution in [2.24, 2.45) is 5.92 Å². The van der Waals surface area contributed by atoms with Gasteiger partial charge in [0.15, 0.2) is 0 Å². The van der Waals surface area contributed by atoms with E-state index in [-0.39, 0.29) is 17.7 Å². The predicted octanol–water partition coefficient (Wildman–Crippen LogP) is 3.13. The van der Waals surface area contributed by atoms with Crippen LogP contribution in [0.1, 0.15) is 44.0 Å². The van der Waals surface area contributed by atoms with E-state index in [1.54, 1.807) is 11.5 Å². The van der Waals surface area contributed by atoms with Gasteiger partial charge in [-0.1, -0.05) is 38.1 Å². The van der Waals surface area contributed by atoms with Gasteiger partial charge in [-0.15, -0.1) is 4.79 Å². The van der Waals surface area contributed by atoms with Crippen molar-refractivity contribution in [3.8, 4) is 11.1 Å². The summed E-state index contributed by atoms with van der Waals surface area (Å²) in [5.74, 6) is -0.808. The van der Waals surface area contributed by atoms with Crippen LogP contribution in [-0.4, -0.2) is 31.9 Å². The number of amides is 1. The van der Waals surface area contributed by atoms with Crippen LogP contribution in [0.4, 0.5) is 5.69 Å². The summed E-state index contributed by atoms with van der Waals surface area (Å²) < 4.78 is 3.04. The second-order valence-corrected chi connectivity index (χ2v) is 8.75. The third-order valence-electron chi connectivity index (χ3n) is 6.07. The summed E-state index contributed by atoms with van der Waals surface area (Å²) in [4.78, 5) is 41.7. The Hall–Kier alpha value is -3.55. The lowest BCUT2D eigenvalue weighted by atomic mass is 9.91. The third kappa shape index (κ3) is 2.71. The second kappa shape index (κ2) is 6.73. The first kappa shape index (κ1) is 19.4. The molecule has 2 aromatic heterocycles. The van der Waals surface area contributed by atoms with Crippen molar-refractivity contribution < 1.29 is 9.59 Å². The molecule has 2 aromatic carbocycles. The van der Waals surface area contributed by atoms with Gasteiger partial charge in [-0.05, 0) is 43.0 Å². The summed E-state index contributed by atoms with van der Waals surface area (Å²) in [5.41, 5.74) is 6.84. The topological polar surface area (TPSA) is 90.1 Å². The minimum Gasteiger partial charge on any atom is -0.322 e. The molecule has 2 atom stereocenters. The van der Waals surface area contributed by atoms with Crippen LogP contribution >= 0.6 is 0 Å². The first-order valence-electron chi connectivity index (χ1n) is 10.6. The Kier molecular flexibility index (Phi) is 4.22. The Morgan fingerprint density at radius 1 is 1.00 bits per heavy atom. The standard InChI is InChI=1S/C23H25N5O3/c1-12(2)11-26-18-10-9-17-19-16-8-6-5-7-15(16)13(3)22(30)27(17)28(23(26)31)25-14(4)21(29)24-20(18)19/h5-10,12-14,25H,11H2,1-4H3,(H,24,29)/t13?,14-/m0/s1. The molecule has 1 amide bonds. The van der Waals surface area contributed by atoms with Gasteiger partial charge >= 0.3 is 5.69 Å². The van der Waals surface area contributed by atoms with Crippen LogP contribution in [0, 0.1) is 5.92 Å². The van der Waals surface area contributed by atoms with Gasteiger partial charge in [0, 0.05) is 12.1 Å². The molecule has 5 heterocycles. The number of aromatic nitrogens is 3. The Balaban J connectivity index is 2.09. The van der Waals surface area contributed by atoms with E-state index >= 15 is 0 Å². The highest BCUT2D eigenvalue weighted by molar-refractivity contribution is 6.11. The van der Waals surface area contributed by atoms with E-state index in [2.05, 4.69) is 10.7 Å². The Labute approximate surface area is 179 Å². The summed E-state index contributed by atoms with van der Waals surface area (Å²) in [6.07, 6.45) is 0. The molecule has 7 rings (SSSR count). The number of nitrogens with one attached hydrogen (secondary N) is 2. The molecule has 1 unspecified atom stereocenters. The van der Waals surface area contributed by atoms with E-state index in [9.17, 15) is 14.4 Å². The molecule has 160 valence electrons. The zero-order chi connectivity index (χ0) is 22.0. The highest BCUT2D eigenvalue weighted by atomic mass is 16.2. The number of anilines is 1. The lowest BCUT2D eigenvalue weighted by Crippen LogP contribution is -2.47. The molecule has 8 heteroatoms. The normalized spacial score (nSPS) is 19.5. The van der Waals surface area contributed by atoms with Gasteiger partial charge in [0.25, 0.3) is 5.91 Å². The Morgan fingerprint density at radius 2 is 1.71 bits per heavy atom. The van der Waals surface area contributed by atoms with Crippen LogP contribution in [0.5, 0.6) is 0 Å². The average Bonchev–Trinajstić information content (AvgIpc) is 2.79. The van der Waals surface area contributed by atoms with Gasteiger partial charge in [0.2, 0.25) is 5.91 Å². The SMILES string of the molecule is CC(C)Cn1c(=O)n2n3c4ccc1c(c4-c1ccccc1C(C)C3=O)NC(=O)[C@H](C)N2. The average molecular weight is 419 g/mol. The molecule has 2 N–H and O–H groups in total. The summed E-state index contributed by atoms with van der Waals surface area (Å²) in [7, 11) is 0. The molecular formula is C23H25N5O3. The molecule has 0 radical (unpaired) electrons. The van der Waals surface area contributed by atoms with Crippen LogP contribution in [0.3, 0.4) is 0 Å². The molecule has 6 bridgehead atoms. The zero-order valence-corrected chi connectivity index (χ0v) is 18.0. The van der Waals surface area contributed by atoms with Gasteiger partial charge < -0.3 is 5.32 Å². The van der Waals surface area contributed by atoms with Crippen molar-refractivity contribution in [2.75, 3.05) is 10.7 Å². The van der Waals surface area contributed by atoms with Gasteiger partial charge in [0.1, 0.15) is 6.04 Å². The number of benzene rings is 2. The third-order valence-corrected chi connectivity index (χ3v) is 6.07. The Morgan fingerprint density at radius 3 is 2.45 bits per heavy atom. The van der Waals surface area contributed by atoms with Crippen LogP contribution in [-0.2, 0) is 11.3 Å². The molecule has 0 saturated carbocycles. The van der Waals surface area contributed by atoms with Crippen molar-refractivity contribution >= 4 is 28.5 Å². The largest absolute Gasteiger partial charge is 0.363 e. The molecule has 8 nitrogen and oxygen atoms in total. The maximum absolute atomic E-state index is 13.7. The summed E-state index contributed by atoms with van der Waals surface area (Å²) >= 11 is 0. The van der Waals surface area contributed by atoms with E-state index in [1.807, 2.05) is 57.2 Å². The lowest BCUT2D eigenvalue weighted by Gasteiger charge is -2.22. The Bertz CT molecular complexity index is 1340. The van der Waals surface area contributed by atoms with Crippen molar-refractivity contribution in [1.82, 2.24) is 14.0 Å². The minimum absolute atomic E-state index is 0.176. The maximum Gasteiger partial charge on any atom is 0.363 e. The quantitative estimate of drug-likeness (QED) is 0.668. The van der Waals surface area contributed by atoms with E-state index < -0.39 is 17.6 Å². The van der Waals surface area contributed by atoms with Crippen molar-refractivity contribution in [1.29, 1.82) is 0 Å². The van der Waals surface area contributed by atoms with Crippen LogP contribution in [0.15, 0.2) is 41.2 Å². The minimum atomic E-state index is -0.724. The fourth-order valence-corrected chi connectivity index (χ4v) is 4.56. The summed E-state index contributed by atoms with van der Waals surface area (Å²) in [6, 6.07) is 10.7. The summed E-state index contributed by atoms with van der Waals surface area (Å²) in [5, 5.41) is 3.06. The molecule has 3 aliphatic heterocycles. The van der Waals surface area contributed by atoms with E-state index in [0.717, 1.165) is 16.7 Å². The van der Waals surface area contributed by atoms with Crippen molar-refractivity contribution in [2.45, 2.75) is 46.2 Å². The molecule has 0 fully saturated rings. The van der Waals surface area contributed by atoms with Crippen molar-refractivity contribution in [3.63, 3.8) is 0 Å². The fourth-order valence-electron chi connectivity index (χ4n) is 4.56. The van der Waals surface area contributed by atoms with Gasteiger partial charge in [-0.25, -0.2) is 4.79 Å². The number of hydrogen-bond donors (Lipinski definition) is 2. The first-order valence-corrected chi connectivity index (χ1v) is 10.6. The van der Waals surface area contributed by atoms with Crippen molar-refractivity contribution in [3.05, 3.63) is 52.4 Å². The van der Waals surface area contributed by atoms with Gasteiger partial charge in [0.05, 0.1) is 22.6 Å². The predicted molar refractivity (Wildman–Crippen MR) is 120 cm³/mol. The molecule has 0 aliphatic carbocycles.